The second-order valence-corrected chi connectivity index (χ2v) is 6.48. The zero-order chi connectivity index (χ0) is 13.9. The molecule has 103 valence electrons. The van der Waals surface area contributed by atoms with Crippen molar-refractivity contribution in [1.82, 2.24) is 5.32 Å². The molecule has 0 aromatic heterocycles. The molecule has 2 rings (SSSR count). The minimum atomic E-state index is -0.232. The Morgan fingerprint density at radius 2 is 1.68 bits per heavy atom. The van der Waals surface area contributed by atoms with E-state index in [9.17, 15) is 0 Å². The number of benzene rings is 1. The van der Waals surface area contributed by atoms with Crippen LogP contribution in [0.4, 0.5) is 0 Å². The molecule has 1 aliphatic carbocycles. The first-order valence-corrected chi connectivity index (χ1v) is 8.71. The first kappa shape index (κ1) is 15.9. The summed E-state index contributed by atoms with van der Waals surface area (Å²) in [6.45, 7) is 8.62. The summed E-state index contributed by atoms with van der Waals surface area (Å²) in [5.74, 6) is 0. The van der Waals surface area contributed by atoms with Gasteiger partial charge in [0.2, 0.25) is 0 Å². The zero-order valence-electron chi connectivity index (χ0n) is 12.4. The third-order valence-corrected chi connectivity index (χ3v) is 5.08. The molecule has 0 saturated carbocycles. The molecule has 1 radical (unpaired) electrons. The standard InChI is InChI=1S/C13H15Si.C4H11N/c1-2-11-7-6-10-13(11)14-12-8-4-3-5-9-12;1-3-5-4-2/h3-10H,2,14H2,1H3;5H,3-4H2,1-2H3. The highest BCUT2D eigenvalue weighted by Crippen LogP contribution is 2.22. The van der Waals surface area contributed by atoms with E-state index in [1.54, 1.807) is 11.1 Å². The van der Waals surface area contributed by atoms with Crippen LogP contribution in [0.3, 0.4) is 0 Å². The van der Waals surface area contributed by atoms with Gasteiger partial charge in [0.15, 0.2) is 0 Å². The van der Waals surface area contributed by atoms with Crippen LogP contribution < -0.4 is 10.5 Å². The quantitative estimate of drug-likeness (QED) is 0.812. The average molecular weight is 272 g/mol. The van der Waals surface area contributed by atoms with Crippen LogP contribution in [-0.2, 0) is 0 Å². The maximum atomic E-state index is 3.11. The van der Waals surface area contributed by atoms with Crippen molar-refractivity contribution in [2.24, 2.45) is 0 Å². The topological polar surface area (TPSA) is 12.0 Å². The minimum Gasteiger partial charge on any atom is -0.317 e. The van der Waals surface area contributed by atoms with Crippen molar-refractivity contribution in [2.75, 3.05) is 13.1 Å². The molecule has 0 heterocycles. The molecular weight excluding hydrogens is 246 g/mol. The Kier molecular flexibility index (Phi) is 8.19. The van der Waals surface area contributed by atoms with E-state index in [1.807, 2.05) is 0 Å². The summed E-state index contributed by atoms with van der Waals surface area (Å²) in [4.78, 5) is 0. The van der Waals surface area contributed by atoms with Gasteiger partial charge in [0, 0.05) is 5.54 Å². The van der Waals surface area contributed by atoms with Crippen LogP contribution in [-0.4, -0.2) is 22.6 Å². The first-order chi connectivity index (χ1) is 9.31. The van der Waals surface area contributed by atoms with Crippen LogP contribution in [0.5, 0.6) is 0 Å². The third-order valence-electron chi connectivity index (χ3n) is 3.13. The maximum Gasteiger partial charge on any atom is 0.0717 e. The van der Waals surface area contributed by atoms with Crippen molar-refractivity contribution in [1.29, 1.82) is 0 Å². The average Bonchev–Trinajstić information content (AvgIpc) is 2.89. The Bertz CT molecular complexity index is 393. The van der Waals surface area contributed by atoms with E-state index in [0.717, 1.165) is 13.1 Å². The molecule has 1 aliphatic rings. The van der Waals surface area contributed by atoms with E-state index >= 15 is 0 Å². The highest BCUT2D eigenvalue weighted by atomic mass is 28.2. The van der Waals surface area contributed by atoms with Crippen molar-refractivity contribution < 1.29 is 0 Å². The number of nitrogens with one attached hydrogen (secondary N) is 1. The molecule has 1 aromatic rings. The fourth-order valence-electron chi connectivity index (χ4n) is 2.08. The number of allylic oxidation sites excluding steroid dienone is 4. The molecule has 0 unspecified atom stereocenters. The summed E-state index contributed by atoms with van der Waals surface area (Å²) in [6.07, 6.45) is 7.90. The summed E-state index contributed by atoms with van der Waals surface area (Å²) < 4.78 is 0. The van der Waals surface area contributed by atoms with Crippen LogP contribution in [0.15, 0.2) is 54.1 Å². The van der Waals surface area contributed by atoms with Gasteiger partial charge in [-0.25, -0.2) is 0 Å². The van der Waals surface area contributed by atoms with Gasteiger partial charge in [-0.05, 0) is 19.5 Å². The van der Waals surface area contributed by atoms with Crippen molar-refractivity contribution in [2.45, 2.75) is 27.2 Å². The number of rotatable bonds is 5. The third kappa shape index (κ3) is 6.04. The molecule has 2 heteroatoms. The predicted octanol–water partition coefficient (Wildman–Crippen LogP) is 2.53. The molecule has 1 N–H and O–H groups in total. The van der Waals surface area contributed by atoms with Crippen LogP contribution in [0.1, 0.15) is 27.2 Å². The molecule has 1 nitrogen and oxygen atoms in total. The van der Waals surface area contributed by atoms with Crippen LogP contribution in [0.25, 0.3) is 0 Å². The lowest BCUT2D eigenvalue weighted by atomic mass is 10.2. The van der Waals surface area contributed by atoms with Gasteiger partial charge in [-0.15, -0.1) is 0 Å². The zero-order valence-corrected chi connectivity index (χ0v) is 13.9. The van der Waals surface area contributed by atoms with Crippen molar-refractivity contribution in [3.63, 3.8) is 0 Å². The first-order valence-electron chi connectivity index (χ1n) is 7.29. The Morgan fingerprint density at radius 3 is 2.21 bits per heavy atom. The minimum absolute atomic E-state index is 0.232. The molecule has 0 aliphatic heterocycles. The lowest BCUT2D eigenvalue weighted by Crippen LogP contribution is -2.20. The van der Waals surface area contributed by atoms with E-state index in [1.165, 1.54) is 11.6 Å². The monoisotopic (exact) mass is 272 g/mol. The van der Waals surface area contributed by atoms with Crippen LogP contribution in [0, 0.1) is 5.54 Å². The summed E-state index contributed by atoms with van der Waals surface area (Å²) in [6, 6.07) is 10.9. The molecule has 0 spiro atoms. The molecular formula is C17H26NSi. The second-order valence-electron chi connectivity index (χ2n) is 4.55. The molecule has 0 amide bonds. The number of hydrogen-bond acceptors (Lipinski definition) is 1. The van der Waals surface area contributed by atoms with Gasteiger partial charge in [0.25, 0.3) is 0 Å². The van der Waals surface area contributed by atoms with Gasteiger partial charge in [0.05, 0.1) is 9.52 Å². The van der Waals surface area contributed by atoms with Crippen molar-refractivity contribution >= 4 is 14.7 Å². The Labute approximate surface area is 120 Å². The molecule has 0 atom stereocenters. The smallest absolute Gasteiger partial charge is 0.0717 e. The maximum absolute atomic E-state index is 3.11. The summed E-state index contributed by atoms with van der Waals surface area (Å²) >= 11 is 0. The fourth-order valence-corrected chi connectivity index (χ4v) is 3.87. The molecule has 0 saturated heterocycles. The fraction of sp³-hybridized carbons (Fsp3) is 0.353. The Hall–Kier alpha value is -1.12. The van der Waals surface area contributed by atoms with Crippen LogP contribution >= 0.6 is 0 Å². The van der Waals surface area contributed by atoms with Gasteiger partial charge in [0.1, 0.15) is 0 Å². The lowest BCUT2D eigenvalue weighted by Gasteiger charge is -2.10. The normalized spacial score (nSPS) is 14.6. The molecule has 0 bridgehead atoms. The van der Waals surface area contributed by atoms with Gasteiger partial charge in [-0.1, -0.05) is 80.1 Å². The summed E-state index contributed by atoms with van der Waals surface area (Å²) in [5, 5.41) is 4.65. The number of hydrogen-bond donors (Lipinski definition) is 1. The van der Waals surface area contributed by atoms with E-state index < -0.39 is 0 Å². The van der Waals surface area contributed by atoms with E-state index in [0.29, 0.717) is 0 Å². The molecule has 0 fully saturated rings. The SMILES string of the molecule is CCC1=CC=C[C]1[SiH2]c1ccccc1.CCNCC. The van der Waals surface area contributed by atoms with E-state index in [2.05, 4.69) is 74.6 Å². The predicted molar refractivity (Wildman–Crippen MR) is 89.6 cm³/mol. The Morgan fingerprint density at radius 1 is 1.00 bits per heavy atom. The van der Waals surface area contributed by atoms with Crippen LogP contribution in [0.2, 0.25) is 0 Å². The van der Waals surface area contributed by atoms with E-state index in [-0.39, 0.29) is 9.52 Å². The summed E-state index contributed by atoms with van der Waals surface area (Å²) in [7, 11) is -0.232. The van der Waals surface area contributed by atoms with Gasteiger partial charge < -0.3 is 5.32 Å². The highest BCUT2D eigenvalue weighted by molar-refractivity contribution is 6.61. The van der Waals surface area contributed by atoms with Crippen molar-refractivity contribution in [3.8, 4) is 0 Å². The molecule has 19 heavy (non-hydrogen) atoms. The van der Waals surface area contributed by atoms with Crippen molar-refractivity contribution in [3.05, 3.63) is 59.7 Å². The largest absolute Gasteiger partial charge is 0.317 e. The van der Waals surface area contributed by atoms with Gasteiger partial charge in [-0.3, -0.25) is 0 Å². The second kappa shape index (κ2) is 9.76. The lowest BCUT2D eigenvalue weighted by molar-refractivity contribution is 0.762. The molecule has 1 aromatic carbocycles. The highest BCUT2D eigenvalue weighted by Gasteiger charge is 2.14. The Balaban J connectivity index is 0.000000312. The van der Waals surface area contributed by atoms with Gasteiger partial charge in [-0.2, -0.15) is 0 Å². The summed E-state index contributed by atoms with van der Waals surface area (Å²) in [5.41, 5.74) is 3.15. The van der Waals surface area contributed by atoms with Gasteiger partial charge >= 0.3 is 0 Å². The van der Waals surface area contributed by atoms with E-state index in [4.69, 9.17) is 0 Å².